The van der Waals surface area contributed by atoms with Crippen LogP contribution in [0.4, 0.5) is 5.69 Å². The molecule has 0 aliphatic carbocycles. The van der Waals surface area contributed by atoms with E-state index in [1.807, 2.05) is 30.0 Å². The highest BCUT2D eigenvalue weighted by Gasteiger charge is 2.31. The summed E-state index contributed by atoms with van der Waals surface area (Å²) in [6.07, 6.45) is 0.193. The van der Waals surface area contributed by atoms with Crippen LogP contribution in [0.1, 0.15) is 18.9 Å². The fourth-order valence-electron chi connectivity index (χ4n) is 2.46. The Balaban J connectivity index is 2.41. The van der Waals surface area contributed by atoms with Gasteiger partial charge in [0, 0.05) is 17.6 Å². The van der Waals surface area contributed by atoms with Gasteiger partial charge in [-0.3, -0.25) is 4.79 Å². The van der Waals surface area contributed by atoms with Gasteiger partial charge in [-0.15, -0.1) is 0 Å². The number of nitriles is 1. The van der Waals surface area contributed by atoms with Gasteiger partial charge in [0.1, 0.15) is 6.04 Å². The molecule has 2 atom stereocenters. The Morgan fingerprint density at radius 1 is 1.55 bits per heavy atom. The van der Waals surface area contributed by atoms with Gasteiger partial charge in [-0.2, -0.15) is 5.26 Å². The molecule has 1 aliphatic rings. The van der Waals surface area contributed by atoms with Gasteiger partial charge in [-0.25, -0.2) is 0 Å². The number of hydrogen-bond acceptors (Lipinski definition) is 3. The highest BCUT2D eigenvalue weighted by molar-refractivity contribution is 9.10. The Kier molecular flexibility index (Phi) is 4.66. The smallest absolute Gasteiger partial charge is 0.243 e. The number of carbonyl (C=O) groups is 1. The Labute approximate surface area is 127 Å². The fraction of sp³-hybridized carbons (Fsp3) is 0.467. The molecule has 106 valence electrons. The lowest BCUT2D eigenvalue weighted by molar-refractivity contribution is -0.122. The maximum atomic E-state index is 12.2. The quantitative estimate of drug-likeness (QED) is 0.903. The van der Waals surface area contributed by atoms with Gasteiger partial charge in [-0.05, 0) is 46.5 Å². The summed E-state index contributed by atoms with van der Waals surface area (Å²) in [6, 6.07) is 7.76. The Bertz CT molecular complexity index is 553. The van der Waals surface area contributed by atoms with Crippen molar-refractivity contribution in [2.75, 3.05) is 18.0 Å². The summed E-state index contributed by atoms with van der Waals surface area (Å²) in [6.45, 7) is 5.54. The van der Waals surface area contributed by atoms with Gasteiger partial charge in [-0.1, -0.05) is 13.0 Å². The number of anilines is 1. The molecule has 0 radical (unpaired) electrons. The first-order valence-electron chi connectivity index (χ1n) is 6.70. The second kappa shape index (κ2) is 6.27. The number of amides is 1. The van der Waals surface area contributed by atoms with Crippen molar-refractivity contribution in [1.29, 1.82) is 5.26 Å². The lowest BCUT2D eigenvalue weighted by atomic mass is 10.1. The minimum absolute atomic E-state index is 0.0663. The van der Waals surface area contributed by atoms with Gasteiger partial charge >= 0.3 is 0 Å². The molecule has 1 fully saturated rings. The van der Waals surface area contributed by atoms with E-state index in [0.717, 1.165) is 22.3 Å². The molecule has 0 aromatic heterocycles. The van der Waals surface area contributed by atoms with E-state index < -0.39 is 6.04 Å². The van der Waals surface area contributed by atoms with Gasteiger partial charge in [0.2, 0.25) is 5.91 Å². The van der Waals surface area contributed by atoms with E-state index in [2.05, 4.69) is 34.2 Å². The second-order valence-electron chi connectivity index (χ2n) is 5.34. The molecule has 1 heterocycles. The highest BCUT2D eigenvalue weighted by atomic mass is 79.9. The molecule has 1 amide bonds. The first kappa shape index (κ1) is 14.9. The largest absolute Gasteiger partial charge is 0.357 e. The van der Waals surface area contributed by atoms with Crippen LogP contribution in [0.3, 0.4) is 0 Å². The molecule has 0 saturated carbocycles. The zero-order valence-electron chi connectivity index (χ0n) is 11.7. The van der Waals surface area contributed by atoms with Gasteiger partial charge in [0.15, 0.2) is 0 Å². The molecular formula is C15H18BrN3O. The minimum Gasteiger partial charge on any atom is -0.357 e. The van der Waals surface area contributed by atoms with Crippen LogP contribution in [0.25, 0.3) is 0 Å². The third-order valence-electron chi connectivity index (χ3n) is 3.51. The summed E-state index contributed by atoms with van der Waals surface area (Å²) in [5, 5.41) is 11.9. The average Bonchev–Trinajstić information content (AvgIpc) is 2.52. The monoisotopic (exact) mass is 335 g/mol. The first-order valence-corrected chi connectivity index (χ1v) is 7.49. The van der Waals surface area contributed by atoms with Crippen molar-refractivity contribution in [3.63, 3.8) is 0 Å². The molecule has 1 aliphatic heterocycles. The molecule has 5 heteroatoms. The molecular weight excluding hydrogens is 318 g/mol. The van der Waals surface area contributed by atoms with E-state index in [1.165, 1.54) is 0 Å². The van der Waals surface area contributed by atoms with Crippen molar-refractivity contribution < 1.29 is 4.79 Å². The maximum Gasteiger partial charge on any atom is 0.243 e. The predicted octanol–water partition coefficient (Wildman–Crippen LogP) is 2.61. The predicted molar refractivity (Wildman–Crippen MR) is 82.4 cm³/mol. The minimum atomic E-state index is -0.427. The van der Waals surface area contributed by atoms with E-state index in [0.29, 0.717) is 12.5 Å². The number of rotatable bonds is 2. The van der Waals surface area contributed by atoms with E-state index in [-0.39, 0.29) is 12.3 Å². The Hall–Kier alpha value is -1.54. The first-order chi connectivity index (χ1) is 9.52. The number of benzene rings is 1. The van der Waals surface area contributed by atoms with Crippen molar-refractivity contribution in [1.82, 2.24) is 5.32 Å². The van der Waals surface area contributed by atoms with Crippen molar-refractivity contribution in [2.24, 2.45) is 5.92 Å². The van der Waals surface area contributed by atoms with Crippen LogP contribution in [0.2, 0.25) is 0 Å². The zero-order chi connectivity index (χ0) is 14.7. The van der Waals surface area contributed by atoms with Gasteiger partial charge in [0.05, 0.1) is 18.2 Å². The van der Waals surface area contributed by atoms with Crippen LogP contribution >= 0.6 is 15.9 Å². The molecule has 20 heavy (non-hydrogen) atoms. The molecule has 1 saturated heterocycles. The molecule has 1 N–H and O–H groups in total. The number of nitrogens with one attached hydrogen (secondary N) is 1. The van der Waals surface area contributed by atoms with E-state index in [1.54, 1.807) is 0 Å². The number of hydrogen-bond donors (Lipinski definition) is 1. The molecule has 0 spiro atoms. The summed E-state index contributed by atoms with van der Waals surface area (Å²) < 4.78 is 0.960. The summed E-state index contributed by atoms with van der Waals surface area (Å²) in [5.41, 5.74) is 2.13. The molecule has 1 aromatic rings. The van der Waals surface area contributed by atoms with E-state index >= 15 is 0 Å². The van der Waals surface area contributed by atoms with Gasteiger partial charge < -0.3 is 10.2 Å². The lowest BCUT2D eigenvalue weighted by Crippen LogP contribution is -2.44. The van der Waals surface area contributed by atoms with Crippen molar-refractivity contribution in [2.45, 2.75) is 26.3 Å². The number of halogens is 1. The number of carbonyl (C=O) groups excluding carboxylic acids is 1. The summed E-state index contributed by atoms with van der Waals surface area (Å²) in [5.74, 6) is 0.277. The van der Waals surface area contributed by atoms with E-state index in [9.17, 15) is 4.79 Å². The van der Waals surface area contributed by atoms with Crippen molar-refractivity contribution in [3.05, 3.63) is 28.2 Å². The molecule has 2 unspecified atom stereocenters. The third kappa shape index (κ3) is 3.13. The summed E-state index contributed by atoms with van der Waals surface area (Å²) in [4.78, 5) is 14.2. The van der Waals surface area contributed by atoms with Crippen LogP contribution in [0, 0.1) is 24.2 Å². The number of aryl methyl sites for hydroxylation is 1. The van der Waals surface area contributed by atoms with Crippen LogP contribution in [0.5, 0.6) is 0 Å². The van der Waals surface area contributed by atoms with Crippen LogP contribution in [-0.2, 0) is 4.79 Å². The van der Waals surface area contributed by atoms with Crippen molar-refractivity contribution in [3.8, 4) is 6.07 Å². The number of nitrogens with zero attached hydrogens (tertiary/aromatic N) is 2. The zero-order valence-corrected chi connectivity index (χ0v) is 13.3. The standard InChI is InChI=1S/C15H18BrN3O/c1-10-3-4-13(12(16)7-10)19-9-11(2)8-18-15(20)14(19)5-6-17/h3-4,7,11,14H,5,8-9H2,1-2H3,(H,18,20). The Morgan fingerprint density at radius 2 is 2.30 bits per heavy atom. The van der Waals surface area contributed by atoms with Crippen LogP contribution in [0.15, 0.2) is 22.7 Å². The topological polar surface area (TPSA) is 56.1 Å². The van der Waals surface area contributed by atoms with Crippen LogP contribution < -0.4 is 10.2 Å². The summed E-state index contributed by atoms with van der Waals surface area (Å²) >= 11 is 3.57. The van der Waals surface area contributed by atoms with Crippen molar-refractivity contribution >= 4 is 27.5 Å². The highest BCUT2D eigenvalue weighted by Crippen LogP contribution is 2.31. The molecule has 2 rings (SSSR count). The molecule has 1 aromatic carbocycles. The SMILES string of the molecule is Cc1ccc(N2CC(C)CNC(=O)C2CC#N)c(Br)c1. The molecule has 4 nitrogen and oxygen atoms in total. The molecule has 0 bridgehead atoms. The van der Waals surface area contributed by atoms with Crippen LogP contribution in [-0.4, -0.2) is 25.0 Å². The normalized spacial score (nSPS) is 22.9. The van der Waals surface area contributed by atoms with E-state index in [4.69, 9.17) is 5.26 Å². The summed E-state index contributed by atoms with van der Waals surface area (Å²) in [7, 11) is 0. The third-order valence-corrected chi connectivity index (χ3v) is 4.14. The average molecular weight is 336 g/mol. The fourth-order valence-corrected chi connectivity index (χ4v) is 3.18. The van der Waals surface area contributed by atoms with Gasteiger partial charge in [0.25, 0.3) is 0 Å². The lowest BCUT2D eigenvalue weighted by Gasteiger charge is -2.31. The Morgan fingerprint density at radius 3 is 2.95 bits per heavy atom. The maximum absolute atomic E-state index is 12.2. The second-order valence-corrected chi connectivity index (χ2v) is 6.19.